The van der Waals surface area contributed by atoms with Crippen molar-refractivity contribution in [2.45, 2.75) is 184 Å². The molecule has 0 nitrogen and oxygen atoms in total. The van der Waals surface area contributed by atoms with E-state index in [1.54, 1.807) is 51.1 Å². The van der Waals surface area contributed by atoms with Crippen LogP contribution in [0.2, 0.25) is 0 Å². The Morgan fingerprint density at radius 1 is 0.469 bits per heavy atom. The molecule has 0 spiro atoms. The molecule has 0 aliphatic heterocycles. The van der Waals surface area contributed by atoms with E-state index in [0.717, 1.165) is 17.0 Å². The van der Waals surface area contributed by atoms with Crippen molar-refractivity contribution in [2.75, 3.05) is 6.16 Å². The van der Waals surface area contributed by atoms with Gasteiger partial charge in [0.15, 0.2) is 0 Å². The van der Waals surface area contributed by atoms with Crippen molar-refractivity contribution in [1.82, 2.24) is 0 Å². The summed E-state index contributed by atoms with van der Waals surface area (Å²) < 4.78 is 0. The Kier molecular flexibility index (Phi) is 12.4. The van der Waals surface area contributed by atoms with Crippen molar-refractivity contribution in [3.8, 4) is 0 Å². The summed E-state index contributed by atoms with van der Waals surface area (Å²) in [6.07, 6.45) is 39.7. The van der Waals surface area contributed by atoms with Crippen molar-refractivity contribution < 1.29 is 0 Å². The molecular weight excluding hydrogens is 471 g/mol. The molecule has 0 saturated heterocycles. The van der Waals surface area contributed by atoms with Gasteiger partial charge in [0.05, 0.1) is 0 Å². The van der Waals surface area contributed by atoms with Gasteiger partial charge < -0.3 is 0 Å². The van der Waals surface area contributed by atoms with E-state index in [1.165, 1.54) is 116 Å². The topological polar surface area (TPSA) is 0 Å². The van der Waals surface area contributed by atoms with E-state index < -0.39 is 5.31 Å². The van der Waals surface area contributed by atoms with E-state index in [1.807, 2.05) is 0 Å². The summed E-state index contributed by atoms with van der Waals surface area (Å²) in [7, 11) is 0. The first-order valence-electron chi connectivity index (χ1n) is 15.4. The molecule has 0 bridgehead atoms. The average molecular weight is 530 g/mol. The Morgan fingerprint density at radius 3 is 1.12 bits per heavy atom. The van der Waals surface area contributed by atoms with Crippen LogP contribution in [0.5, 0.6) is 0 Å². The number of hydrogen-bond acceptors (Lipinski definition) is 0. The molecule has 32 heavy (non-hydrogen) atoms. The second kappa shape index (κ2) is 14.5. The molecule has 3 aliphatic rings. The molecule has 0 heterocycles. The monoisotopic (exact) mass is 528 g/mol. The normalized spacial score (nSPS) is 23.8. The molecule has 0 amide bonds. The molecule has 3 fully saturated rings. The molecule has 3 aliphatic carbocycles. The van der Waals surface area contributed by atoms with Crippen LogP contribution in [0, 0.1) is 0 Å². The van der Waals surface area contributed by atoms with Gasteiger partial charge in [0.2, 0.25) is 0 Å². The second-order valence-corrected chi connectivity index (χ2v) is 22.8. The van der Waals surface area contributed by atoms with Gasteiger partial charge in [0.1, 0.15) is 0 Å². The maximum absolute atomic E-state index is 5.03. The predicted molar refractivity (Wildman–Crippen MR) is 153 cm³/mol. The van der Waals surface area contributed by atoms with Crippen LogP contribution in [0.1, 0.15) is 167 Å². The summed E-state index contributed by atoms with van der Waals surface area (Å²) in [4.78, 5) is 0. The van der Waals surface area contributed by atoms with E-state index in [4.69, 9.17) is 15.5 Å². The minimum absolute atomic E-state index is 1.08. The van der Waals surface area contributed by atoms with Crippen LogP contribution in [0.15, 0.2) is 0 Å². The Labute approximate surface area is 210 Å². The van der Waals surface area contributed by atoms with Crippen LogP contribution in [-0.4, -0.2) is 23.1 Å². The van der Waals surface area contributed by atoms with Gasteiger partial charge in [-0.3, -0.25) is 0 Å². The summed E-state index contributed by atoms with van der Waals surface area (Å²) in [6, 6.07) is 0. The molecule has 0 radical (unpaired) electrons. The number of rotatable bonds is 14. The molecule has 3 saturated carbocycles. The summed E-state index contributed by atoms with van der Waals surface area (Å²) in [5.74, 6) is 0. The van der Waals surface area contributed by atoms with Crippen LogP contribution in [0.4, 0.5) is 0 Å². The Bertz CT molecular complexity index is 437. The van der Waals surface area contributed by atoms with Gasteiger partial charge in [0, 0.05) is 0 Å². The van der Waals surface area contributed by atoms with Gasteiger partial charge in [-0.1, -0.05) is 0 Å². The molecule has 0 aromatic rings. The molecule has 0 aromatic heterocycles. The Morgan fingerprint density at radius 2 is 0.781 bits per heavy atom. The third-order valence-electron chi connectivity index (χ3n) is 10.2. The van der Waals surface area contributed by atoms with Gasteiger partial charge in [-0.2, -0.15) is 0 Å². The van der Waals surface area contributed by atoms with Gasteiger partial charge in [-0.25, -0.2) is 0 Å². The minimum atomic E-state index is -1.88. The first-order valence-corrected chi connectivity index (χ1v) is 20.1. The quantitative estimate of drug-likeness (QED) is 0.155. The standard InChI is InChI=1S/C30H58BrP/c1-2-3-4-5-6-7-8-9-10-20-27-32(31,28-21-14-11-15-22-28,29-23-16-12-17-24-29)30-25-18-13-19-26-30/h28-30H,2-27H2,1H3. The van der Waals surface area contributed by atoms with Crippen molar-refractivity contribution in [3.63, 3.8) is 0 Å². The van der Waals surface area contributed by atoms with Crippen LogP contribution >= 0.6 is 20.8 Å². The van der Waals surface area contributed by atoms with E-state index in [9.17, 15) is 0 Å². The number of unbranched alkanes of at least 4 members (excludes halogenated alkanes) is 9. The maximum atomic E-state index is 5.03. The predicted octanol–water partition coefficient (Wildman–Crippen LogP) is 11.8. The first-order chi connectivity index (χ1) is 15.7. The van der Waals surface area contributed by atoms with Crippen molar-refractivity contribution >= 4 is 20.8 Å². The summed E-state index contributed by atoms with van der Waals surface area (Å²) in [6.45, 7) is 2.33. The van der Waals surface area contributed by atoms with Crippen molar-refractivity contribution in [1.29, 1.82) is 0 Å². The van der Waals surface area contributed by atoms with E-state index >= 15 is 0 Å². The van der Waals surface area contributed by atoms with Gasteiger partial charge in [-0.15, -0.1) is 0 Å². The molecule has 0 atom stereocenters. The van der Waals surface area contributed by atoms with Gasteiger partial charge in [-0.05, 0) is 0 Å². The molecular formula is C30H58BrP. The number of halogens is 1. The fourth-order valence-corrected chi connectivity index (χ4v) is 21.1. The van der Waals surface area contributed by atoms with E-state index in [2.05, 4.69) is 6.92 Å². The van der Waals surface area contributed by atoms with E-state index in [-0.39, 0.29) is 0 Å². The molecule has 3 rings (SSSR count). The first kappa shape index (κ1) is 27.5. The van der Waals surface area contributed by atoms with Crippen molar-refractivity contribution in [3.05, 3.63) is 0 Å². The zero-order valence-electron chi connectivity index (χ0n) is 21.9. The third kappa shape index (κ3) is 6.99. The average Bonchev–Trinajstić information content (AvgIpc) is 2.87. The summed E-state index contributed by atoms with van der Waals surface area (Å²) >= 11 is 5.03. The van der Waals surface area contributed by atoms with Gasteiger partial charge in [0.25, 0.3) is 0 Å². The fraction of sp³-hybridized carbons (Fsp3) is 1.00. The van der Waals surface area contributed by atoms with E-state index in [0.29, 0.717) is 0 Å². The molecule has 190 valence electrons. The zero-order valence-corrected chi connectivity index (χ0v) is 24.4. The van der Waals surface area contributed by atoms with Crippen LogP contribution in [0.25, 0.3) is 0 Å². The Hall–Kier alpha value is 0.910. The third-order valence-corrected chi connectivity index (χ3v) is 24.2. The molecule has 0 N–H and O–H groups in total. The zero-order chi connectivity index (χ0) is 22.6. The fourth-order valence-electron chi connectivity index (χ4n) is 8.35. The molecule has 0 unspecified atom stereocenters. The summed E-state index contributed by atoms with van der Waals surface area (Å²) in [5.41, 5.74) is 3.25. The van der Waals surface area contributed by atoms with Crippen LogP contribution in [-0.2, 0) is 0 Å². The van der Waals surface area contributed by atoms with Crippen LogP contribution in [0.3, 0.4) is 0 Å². The Balaban J connectivity index is 1.63. The van der Waals surface area contributed by atoms with Gasteiger partial charge >= 0.3 is 211 Å². The molecule has 2 heteroatoms. The van der Waals surface area contributed by atoms with Crippen molar-refractivity contribution in [2.24, 2.45) is 0 Å². The summed E-state index contributed by atoms with van der Waals surface area (Å²) in [5, 5.41) is -1.88. The second-order valence-electron chi connectivity index (χ2n) is 12.2. The SMILES string of the molecule is CCCCCCCCCCCCP(Br)(C1CCCCC1)(C1CCCCC1)C1CCCCC1. The molecule has 0 aromatic carbocycles. The number of hydrogen-bond donors (Lipinski definition) is 0. The van der Waals surface area contributed by atoms with Crippen LogP contribution < -0.4 is 0 Å².